The molecule has 0 spiro atoms. The zero-order valence-electron chi connectivity index (χ0n) is 9.61. The molecule has 1 rings (SSSR count). The fourth-order valence-corrected chi connectivity index (χ4v) is 1.60. The van der Waals surface area contributed by atoms with Gasteiger partial charge in [-0.05, 0) is 34.1 Å². The molecule has 0 heterocycles. The third-order valence-corrected chi connectivity index (χ3v) is 2.71. The first kappa shape index (κ1) is 15.0. The van der Waals surface area contributed by atoms with Gasteiger partial charge in [-0.15, -0.1) is 12.3 Å². The molecule has 0 aliphatic heterocycles. The Morgan fingerprint density at radius 3 is 2.74 bits per heavy atom. The van der Waals surface area contributed by atoms with Gasteiger partial charge in [0.1, 0.15) is 11.9 Å². The summed E-state index contributed by atoms with van der Waals surface area (Å²) in [6, 6.07) is 1.95. The van der Waals surface area contributed by atoms with Crippen molar-refractivity contribution in [2.45, 2.75) is 12.5 Å². The molecule has 0 radical (unpaired) electrons. The van der Waals surface area contributed by atoms with E-state index in [1.54, 1.807) is 0 Å². The predicted octanol–water partition coefficient (Wildman–Crippen LogP) is 2.19. The van der Waals surface area contributed by atoms with Gasteiger partial charge in [-0.1, -0.05) is 0 Å². The normalized spacial score (nSPS) is 11.2. The molecule has 100 valence electrons. The number of hydrogen-bond donors (Lipinski definition) is 3. The number of carboxylic acids is 1. The van der Waals surface area contributed by atoms with E-state index < -0.39 is 23.9 Å². The van der Waals surface area contributed by atoms with Crippen molar-refractivity contribution in [3.8, 4) is 12.3 Å². The van der Waals surface area contributed by atoms with Crippen LogP contribution in [0.1, 0.15) is 6.42 Å². The van der Waals surface area contributed by atoms with Gasteiger partial charge in [0.25, 0.3) is 0 Å². The Hall–Kier alpha value is -2.07. The summed E-state index contributed by atoms with van der Waals surface area (Å²) in [6.07, 6.45) is 4.87. The van der Waals surface area contributed by atoms with E-state index in [-0.39, 0.29) is 10.9 Å². The summed E-state index contributed by atoms with van der Waals surface area (Å²) in [6.45, 7) is 0. The molecule has 1 atom stereocenters. The van der Waals surface area contributed by atoms with Gasteiger partial charge in [0.15, 0.2) is 0 Å². The summed E-state index contributed by atoms with van der Waals surface area (Å²) >= 11 is 2.97. The molecular formula is C12H10BrFN2O3. The second kappa shape index (κ2) is 6.75. The van der Waals surface area contributed by atoms with Gasteiger partial charge in [0, 0.05) is 12.1 Å². The van der Waals surface area contributed by atoms with Gasteiger partial charge in [-0.3, -0.25) is 0 Å². The zero-order valence-corrected chi connectivity index (χ0v) is 11.2. The molecule has 0 saturated heterocycles. The first-order valence-electron chi connectivity index (χ1n) is 5.13. The maximum atomic E-state index is 13.0. The fraction of sp³-hybridized carbons (Fsp3) is 0.167. The van der Waals surface area contributed by atoms with Crippen molar-refractivity contribution in [2.75, 3.05) is 5.32 Å². The molecule has 1 aromatic carbocycles. The summed E-state index contributed by atoms with van der Waals surface area (Å²) in [5, 5.41) is 13.4. The molecule has 2 amide bonds. The Kier molecular flexibility index (Phi) is 5.33. The van der Waals surface area contributed by atoms with Crippen molar-refractivity contribution < 1.29 is 19.1 Å². The molecule has 0 saturated carbocycles. The summed E-state index contributed by atoms with van der Waals surface area (Å²) in [4.78, 5) is 22.3. The van der Waals surface area contributed by atoms with Crippen LogP contribution in [0.3, 0.4) is 0 Å². The molecule has 3 N–H and O–H groups in total. The van der Waals surface area contributed by atoms with E-state index in [1.807, 2.05) is 0 Å². The van der Waals surface area contributed by atoms with E-state index in [9.17, 15) is 14.0 Å². The molecule has 7 heteroatoms. The Morgan fingerprint density at radius 1 is 1.53 bits per heavy atom. The highest BCUT2D eigenvalue weighted by Gasteiger charge is 2.18. The molecule has 0 bridgehead atoms. The van der Waals surface area contributed by atoms with E-state index in [2.05, 4.69) is 32.5 Å². The lowest BCUT2D eigenvalue weighted by molar-refractivity contribution is -0.139. The summed E-state index contributed by atoms with van der Waals surface area (Å²) in [5.41, 5.74) is 0.315. The Bertz CT molecular complexity index is 542. The second-order valence-electron chi connectivity index (χ2n) is 3.53. The van der Waals surface area contributed by atoms with Crippen molar-refractivity contribution in [3.63, 3.8) is 0 Å². The number of terminal acetylenes is 1. The molecule has 0 fully saturated rings. The minimum atomic E-state index is -1.23. The Balaban J connectivity index is 2.66. The summed E-state index contributed by atoms with van der Waals surface area (Å²) in [5.74, 6) is 0.456. The lowest BCUT2D eigenvalue weighted by Gasteiger charge is -2.13. The van der Waals surface area contributed by atoms with E-state index >= 15 is 0 Å². The van der Waals surface area contributed by atoms with E-state index in [0.717, 1.165) is 6.07 Å². The van der Waals surface area contributed by atoms with Gasteiger partial charge in [0.2, 0.25) is 0 Å². The van der Waals surface area contributed by atoms with Crippen LogP contribution in [0.4, 0.5) is 14.9 Å². The maximum Gasteiger partial charge on any atom is 0.327 e. The quantitative estimate of drug-likeness (QED) is 0.741. The van der Waals surface area contributed by atoms with E-state index in [4.69, 9.17) is 11.5 Å². The lowest BCUT2D eigenvalue weighted by atomic mass is 10.2. The minimum Gasteiger partial charge on any atom is -0.480 e. The highest BCUT2D eigenvalue weighted by molar-refractivity contribution is 9.10. The second-order valence-corrected chi connectivity index (χ2v) is 4.38. The van der Waals surface area contributed by atoms with Crippen molar-refractivity contribution in [1.82, 2.24) is 5.32 Å². The molecule has 1 aromatic rings. The van der Waals surface area contributed by atoms with Crippen LogP contribution in [0.25, 0.3) is 0 Å². The molecule has 19 heavy (non-hydrogen) atoms. The number of carboxylic acid groups (broad SMARTS) is 1. The predicted molar refractivity (Wildman–Crippen MR) is 71.1 cm³/mol. The molecule has 1 unspecified atom stereocenters. The number of hydrogen-bond acceptors (Lipinski definition) is 2. The van der Waals surface area contributed by atoms with Gasteiger partial charge in [0.05, 0.1) is 4.47 Å². The number of amides is 2. The molecule has 0 aliphatic carbocycles. The topological polar surface area (TPSA) is 78.4 Å². The van der Waals surface area contributed by atoms with Crippen molar-refractivity contribution >= 4 is 33.6 Å². The van der Waals surface area contributed by atoms with Crippen LogP contribution >= 0.6 is 15.9 Å². The molecule has 0 aromatic heterocycles. The number of benzene rings is 1. The molecule has 5 nitrogen and oxygen atoms in total. The SMILES string of the molecule is C#CCC(NC(=O)Nc1ccc(F)c(Br)c1)C(=O)O. The highest BCUT2D eigenvalue weighted by Crippen LogP contribution is 2.19. The number of anilines is 1. The number of nitrogens with one attached hydrogen (secondary N) is 2. The monoisotopic (exact) mass is 328 g/mol. The third kappa shape index (κ3) is 4.60. The van der Waals surface area contributed by atoms with Crippen molar-refractivity contribution in [3.05, 3.63) is 28.5 Å². The summed E-state index contributed by atoms with van der Waals surface area (Å²) in [7, 11) is 0. The number of carbonyl (C=O) groups excluding carboxylic acids is 1. The van der Waals surface area contributed by atoms with Crippen LogP contribution in [0.5, 0.6) is 0 Å². The number of urea groups is 1. The van der Waals surface area contributed by atoms with Crippen LogP contribution in [0.2, 0.25) is 0 Å². The standard InChI is InChI=1S/C12H10BrFN2O3/c1-2-3-10(11(17)18)16-12(19)15-7-4-5-9(14)8(13)6-7/h1,4-6,10H,3H2,(H,17,18)(H2,15,16,19). The van der Waals surface area contributed by atoms with Crippen molar-refractivity contribution in [2.24, 2.45) is 0 Å². The van der Waals surface area contributed by atoms with E-state index in [1.165, 1.54) is 12.1 Å². The van der Waals surface area contributed by atoms with Gasteiger partial charge < -0.3 is 15.7 Å². The average molecular weight is 329 g/mol. The van der Waals surface area contributed by atoms with E-state index in [0.29, 0.717) is 5.69 Å². The van der Waals surface area contributed by atoms with Crippen LogP contribution in [-0.2, 0) is 4.79 Å². The number of carbonyl (C=O) groups is 2. The van der Waals surface area contributed by atoms with Crippen LogP contribution in [0, 0.1) is 18.2 Å². The number of rotatable bonds is 4. The smallest absolute Gasteiger partial charge is 0.327 e. The highest BCUT2D eigenvalue weighted by atomic mass is 79.9. The third-order valence-electron chi connectivity index (χ3n) is 2.10. The average Bonchev–Trinajstić information content (AvgIpc) is 2.33. The molecule has 0 aliphatic rings. The fourth-order valence-electron chi connectivity index (χ4n) is 1.22. The van der Waals surface area contributed by atoms with Crippen LogP contribution in [0.15, 0.2) is 22.7 Å². The van der Waals surface area contributed by atoms with Crippen LogP contribution in [-0.4, -0.2) is 23.1 Å². The summed E-state index contributed by atoms with van der Waals surface area (Å²) < 4.78 is 13.2. The van der Waals surface area contributed by atoms with Gasteiger partial charge >= 0.3 is 12.0 Å². The largest absolute Gasteiger partial charge is 0.480 e. The Morgan fingerprint density at radius 2 is 2.21 bits per heavy atom. The van der Waals surface area contributed by atoms with Gasteiger partial charge in [-0.25, -0.2) is 14.0 Å². The van der Waals surface area contributed by atoms with Crippen molar-refractivity contribution in [1.29, 1.82) is 0 Å². The zero-order chi connectivity index (χ0) is 14.4. The lowest BCUT2D eigenvalue weighted by Crippen LogP contribution is -2.42. The molecular weight excluding hydrogens is 319 g/mol. The number of halogens is 2. The van der Waals surface area contributed by atoms with Crippen LogP contribution < -0.4 is 10.6 Å². The minimum absolute atomic E-state index is 0.129. The van der Waals surface area contributed by atoms with Gasteiger partial charge in [-0.2, -0.15) is 0 Å². The maximum absolute atomic E-state index is 13.0. The Labute approximate surface area is 117 Å². The first-order chi connectivity index (χ1) is 8.93. The first-order valence-corrected chi connectivity index (χ1v) is 5.92. The number of aliphatic carboxylic acids is 1.